The van der Waals surface area contributed by atoms with Crippen LogP contribution in [0.3, 0.4) is 0 Å². The number of Topliss-reactive ketones (excluding diaryl/α,β-unsaturated/α-hetero) is 1. The number of fused-ring (bicyclic) bond motifs is 1. The van der Waals surface area contributed by atoms with Crippen LogP contribution in [0.25, 0.3) is 10.2 Å². The predicted octanol–water partition coefficient (Wildman–Crippen LogP) is 2.95. The first-order valence-electron chi connectivity index (χ1n) is 6.64. The second kappa shape index (κ2) is 4.89. The number of piperidine rings is 1. The number of hydrogen-bond acceptors (Lipinski definition) is 5. The maximum Gasteiger partial charge on any atom is 0.152 e. The molecule has 2 aromatic rings. The zero-order valence-electron chi connectivity index (χ0n) is 11.2. The van der Waals surface area contributed by atoms with Gasteiger partial charge in [-0.1, -0.05) is 0 Å². The summed E-state index contributed by atoms with van der Waals surface area (Å²) in [5, 5.41) is 2.11. The van der Waals surface area contributed by atoms with E-state index in [1.807, 2.05) is 0 Å². The van der Waals surface area contributed by atoms with Crippen molar-refractivity contribution in [3.8, 4) is 0 Å². The molecule has 1 atom stereocenters. The van der Waals surface area contributed by atoms with Crippen molar-refractivity contribution >= 4 is 33.2 Å². The van der Waals surface area contributed by atoms with Crippen LogP contribution in [0.4, 0.5) is 5.82 Å². The van der Waals surface area contributed by atoms with E-state index < -0.39 is 0 Å². The third-order valence-electron chi connectivity index (χ3n) is 3.76. The lowest BCUT2D eigenvalue weighted by atomic mass is 9.99. The van der Waals surface area contributed by atoms with Gasteiger partial charge in [-0.3, -0.25) is 4.79 Å². The summed E-state index contributed by atoms with van der Waals surface area (Å²) in [6.45, 7) is 4.66. The van der Waals surface area contributed by atoms with Crippen LogP contribution in [0.15, 0.2) is 11.7 Å². The lowest BCUT2D eigenvalue weighted by Gasteiger charge is -2.35. The Morgan fingerprint density at radius 1 is 1.42 bits per heavy atom. The third-order valence-corrected chi connectivity index (χ3v) is 4.84. The molecule has 0 aliphatic carbocycles. The highest BCUT2D eigenvalue weighted by atomic mass is 32.1. The zero-order valence-corrected chi connectivity index (χ0v) is 12.0. The second-order valence-electron chi connectivity index (χ2n) is 5.11. The van der Waals surface area contributed by atoms with E-state index in [-0.39, 0.29) is 11.8 Å². The Morgan fingerprint density at radius 3 is 3.05 bits per heavy atom. The number of thiophene rings is 1. The van der Waals surface area contributed by atoms with Crippen LogP contribution in [-0.2, 0) is 4.79 Å². The third kappa shape index (κ3) is 2.12. The first kappa shape index (κ1) is 12.5. The number of rotatable bonds is 2. The fraction of sp³-hybridized carbons (Fsp3) is 0.500. The monoisotopic (exact) mass is 275 g/mol. The Balaban J connectivity index is 2.09. The van der Waals surface area contributed by atoms with E-state index in [1.165, 1.54) is 5.56 Å². The highest BCUT2D eigenvalue weighted by Crippen LogP contribution is 2.34. The quantitative estimate of drug-likeness (QED) is 0.845. The van der Waals surface area contributed by atoms with Crippen LogP contribution in [0, 0.1) is 6.92 Å². The van der Waals surface area contributed by atoms with Crippen LogP contribution in [0.1, 0.15) is 31.7 Å². The van der Waals surface area contributed by atoms with Gasteiger partial charge < -0.3 is 4.90 Å². The Bertz CT molecular complexity index is 622. The summed E-state index contributed by atoms with van der Waals surface area (Å²) in [6, 6.07) is -0.0192. The van der Waals surface area contributed by atoms with Crippen molar-refractivity contribution < 1.29 is 4.79 Å². The molecule has 1 fully saturated rings. The van der Waals surface area contributed by atoms with Gasteiger partial charge in [-0.05, 0) is 44.1 Å². The maximum absolute atomic E-state index is 11.8. The second-order valence-corrected chi connectivity index (χ2v) is 5.99. The van der Waals surface area contributed by atoms with E-state index in [9.17, 15) is 4.79 Å². The van der Waals surface area contributed by atoms with Crippen molar-refractivity contribution in [2.45, 2.75) is 39.2 Å². The fourth-order valence-corrected chi connectivity index (χ4v) is 3.78. The minimum Gasteiger partial charge on any atom is -0.345 e. The van der Waals surface area contributed by atoms with E-state index in [1.54, 1.807) is 24.6 Å². The number of ketones is 1. The minimum absolute atomic E-state index is 0.0192. The highest BCUT2D eigenvalue weighted by molar-refractivity contribution is 7.18. The Hall–Kier alpha value is -1.49. The van der Waals surface area contributed by atoms with Gasteiger partial charge in [-0.25, -0.2) is 9.97 Å². The summed E-state index contributed by atoms with van der Waals surface area (Å²) in [4.78, 5) is 22.8. The minimum atomic E-state index is -0.0192. The average molecular weight is 275 g/mol. The van der Waals surface area contributed by atoms with Crippen molar-refractivity contribution in [1.82, 2.24) is 9.97 Å². The lowest BCUT2D eigenvalue weighted by Crippen LogP contribution is -2.44. The maximum atomic E-state index is 11.8. The van der Waals surface area contributed by atoms with Gasteiger partial charge in [0.25, 0.3) is 0 Å². The molecule has 0 N–H and O–H groups in total. The number of anilines is 1. The van der Waals surface area contributed by atoms with Gasteiger partial charge in [0.1, 0.15) is 6.33 Å². The zero-order chi connectivity index (χ0) is 13.4. The number of aromatic nitrogens is 2. The molecule has 3 rings (SSSR count). The van der Waals surface area contributed by atoms with E-state index in [0.29, 0.717) is 0 Å². The summed E-state index contributed by atoms with van der Waals surface area (Å²) in [6.07, 6.45) is 4.80. The molecule has 1 aliphatic heterocycles. The first-order valence-corrected chi connectivity index (χ1v) is 7.52. The van der Waals surface area contributed by atoms with Crippen LogP contribution in [-0.4, -0.2) is 28.3 Å². The van der Waals surface area contributed by atoms with Crippen LogP contribution in [0.5, 0.6) is 0 Å². The van der Waals surface area contributed by atoms with Gasteiger partial charge >= 0.3 is 0 Å². The van der Waals surface area contributed by atoms with Gasteiger partial charge in [0.15, 0.2) is 11.6 Å². The number of aryl methyl sites for hydroxylation is 1. The first-order chi connectivity index (χ1) is 9.18. The molecule has 100 valence electrons. The molecule has 5 heteroatoms. The molecule has 3 heterocycles. The SMILES string of the molecule is CC(=O)C1CCCCN1c1ncnc2c(C)csc12. The molecule has 0 aromatic carbocycles. The van der Waals surface area contributed by atoms with Gasteiger partial charge in [0, 0.05) is 6.54 Å². The van der Waals surface area contributed by atoms with Gasteiger partial charge in [0.2, 0.25) is 0 Å². The molecule has 0 spiro atoms. The van der Waals surface area contributed by atoms with Gasteiger partial charge in [-0.15, -0.1) is 11.3 Å². The normalized spacial score (nSPS) is 19.9. The molecular weight excluding hydrogens is 258 g/mol. The molecule has 0 radical (unpaired) electrons. The van der Waals surface area contributed by atoms with Crippen molar-refractivity contribution in [2.75, 3.05) is 11.4 Å². The predicted molar refractivity (Wildman–Crippen MR) is 77.8 cm³/mol. The summed E-state index contributed by atoms with van der Waals surface area (Å²) in [5.74, 6) is 1.17. The van der Waals surface area contributed by atoms with Crippen molar-refractivity contribution in [3.05, 3.63) is 17.3 Å². The fourth-order valence-electron chi connectivity index (χ4n) is 2.77. The van der Waals surface area contributed by atoms with Crippen LogP contribution < -0.4 is 4.90 Å². The molecule has 0 amide bonds. The van der Waals surface area contributed by atoms with E-state index in [0.717, 1.165) is 41.8 Å². The number of nitrogens with zero attached hydrogens (tertiary/aromatic N) is 3. The number of hydrogen-bond donors (Lipinski definition) is 0. The van der Waals surface area contributed by atoms with Crippen LogP contribution >= 0.6 is 11.3 Å². The molecular formula is C14H17N3OS. The molecule has 1 aliphatic rings. The molecule has 1 unspecified atom stereocenters. The summed E-state index contributed by atoms with van der Waals surface area (Å²) in [7, 11) is 0. The number of carbonyl (C=O) groups is 1. The van der Waals surface area contributed by atoms with Gasteiger partial charge in [0.05, 0.1) is 16.3 Å². The standard InChI is InChI=1S/C14H17N3OS/c1-9-7-19-13-12(9)15-8-16-14(13)17-6-4-3-5-11(17)10(2)18/h7-8,11H,3-6H2,1-2H3. The largest absolute Gasteiger partial charge is 0.345 e. The topological polar surface area (TPSA) is 46.1 Å². The van der Waals surface area contributed by atoms with Crippen molar-refractivity contribution in [3.63, 3.8) is 0 Å². The lowest BCUT2D eigenvalue weighted by molar-refractivity contribution is -0.118. The summed E-state index contributed by atoms with van der Waals surface area (Å²) in [5.41, 5.74) is 2.20. The Labute approximate surface area is 116 Å². The van der Waals surface area contributed by atoms with Crippen LogP contribution in [0.2, 0.25) is 0 Å². The Morgan fingerprint density at radius 2 is 2.26 bits per heavy atom. The summed E-state index contributed by atoms with van der Waals surface area (Å²) >= 11 is 1.67. The molecule has 2 aromatic heterocycles. The molecule has 4 nitrogen and oxygen atoms in total. The highest BCUT2D eigenvalue weighted by Gasteiger charge is 2.28. The Kier molecular flexibility index (Phi) is 3.22. The van der Waals surface area contributed by atoms with Crippen molar-refractivity contribution in [2.24, 2.45) is 0 Å². The molecule has 0 saturated carbocycles. The molecule has 1 saturated heterocycles. The molecule has 19 heavy (non-hydrogen) atoms. The van der Waals surface area contributed by atoms with E-state index in [2.05, 4.69) is 27.2 Å². The summed E-state index contributed by atoms with van der Waals surface area (Å²) < 4.78 is 1.10. The molecule has 0 bridgehead atoms. The van der Waals surface area contributed by atoms with Crippen molar-refractivity contribution in [1.29, 1.82) is 0 Å². The van der Waals surface area contributed by atoms with E-state index >= 15 is 0 Å². The van der Waals surface area contributed by atoms with E-state index in [4.69, 9.17) is 0 Å². The average Bonchev–Trinajstić information content (AvgIpc) is 2.81. The van der Waals surface area contributed by atoms with Gasteiger partial charge in [-0.2, -0.15) is 0 Å². The number of carbonyl (C=O) groups excluding carboxylic acids is 1. The smallest absolute Gasteiger partial charge is 0.152 e.